The van der Waals surface area contributed by atoms with E-state index < -0.39 is 12.0 Å². The average Bonchev–Trinajstić information content (AvgIpc) is 3.11. The van der Waals surface area contributed by atoms with Crippen molar-refractivity contribution in [3.8, 4) is 0 Å². The Morgan fingerprint density at radius 2 is 1.65 bits per heavy atom. The van der Waals surface area contributed by atoms with Crippen LogP contribution in [-0.4, -0.2) is 49.5 Å². The van der Waals surface area contributed by atoms with Gasteiger partial charge in [-0.1, -0.05) is 71.7 Å². The lowest BCUT2D eigenvalue weighted by Gasteiger charge is -2.28. The lowest BCUT2D eigenvalue weighted by atomic mass is 9.85. The van der Waals surface area contributed by atoms with Crippen LogP contribution in [0.5, 0.6) is 0 Å². The van der Waals surface area contributed by atoms with Crippen molar-refractivity contribution in [3.05, 3.63) is 100 Å². The van der Waals surface area contributed by atoms with Crippen LogP contribution in [0.25, 0.3) is 0 Å². The van der Waals surface area contributed by atoms with Gasteiger partial charge in [0.25, 0.3) is 5.91 Å². The zero-order valence-electron chi connectivity index (χ0n) is 19.0. The molecule has 174 valence electrons. The van der Waals surface area contributed by atoms with E-state index in [1.54, 1.807) is 47.4 Å². The molecule has 5 nitrogen and oxygen atoms in total. The third kappa shape index (κ3) is 5.07. The summed E-state index contributed by atoms with van der Waals surface area (Å²) in [7, 11) is 3.89. The van der Waals surface area contributed by atoms with E-state index in [0.29, 0.717) is 34.4 Å². The van der Waals surface area contributed by atoms with Gasteiger partial charge < -0.3 is 4.90 Å². The van der Waals surface area contributed by atoms with Crippen LogP contribution < -0.4 is 4.90 Å². The molecule has 0 N–H and O–H groups in total. The van der Waals surface area contributed by atoms with E-state index in [9.17, 15) is 9.59 Å². The highest BCUT2D eigenvalue weighted by atomic mass is 35.5. The molecule has 0 aromatic heterocycles. The Hall–Kier alpha value is -2.99. The maximum absolute atomic E-state index is 13.9. The molecule has 0 saturated carbocycles. The number of hydrogen-bond donors (Lipinski definition) is 0. The standard InChI is InChI=1S/C27H25Cl2N3O2/c1-31(2)16-15-30-24-23(26(33)19-7-4-3-5-8-19)25(18-11-13-20(28)14-12-18)32(27(24)34)22-10-6-9-21(29)17-22/h3-14,17,23,25H,15-16H2,1-2H3. The molecule has 3 aromatic carbocycles. The Balaban J connectivity index is 1.89. The van der Waals surface area contributed by atoms with E-state index in [0.717, 1.165) is 5.56 Å². The van der Waals surface area contributed by atoms with Crippen molar-refractivity contribution < 1.29 is 9.59 Å². The first-order valence-electron chi connectivity index (χ1n) is 11.0. The van der Waals surface area contributed by atoms with Crippen molar-refractivity contribution in [1.82, 2.24) is 4.90 Å². The van der Waals surface area contributed by atoms with E-state index in [1.807, 2.05) is 55.4 Å². The number of likely N-dealkylation sites (N-methyl/N-ethyl adjacent to an activating group) is 1. The summed E-state index contributed by atoms with van der Waals surface area (Å²) < 4.78 is 0. The van der Waals surface area contributed by atoms with Crippen molar-refractivity contribution in [1.29, 1.82) is 0 Å². The average molecular weight is 494 g/mol. The summed E-state index contributed by atoms with van der Waals surface area (Å²) in [6, 6.07) is 22.8. The maximum Gasteiger partial charge on any atom is 0.273 e. The number of nitrogens with zero attached hydrogens (tertiary/aromatic N) is 3. The lowest BCUT2D eigenvalue weighted by molar-refractivity contribution is -0.112. The molecule has 0 spiro atoms. The van der Waals surface area contributed by atoms with Crippen LogP contribution in [0.2, 0.25) is 10.0 Å². The molecule has 0 bridgehead atoms. The van der Waals surface area contributed by atoms with Crippen molar-refractivity contribution >= 4 is 46.3 Å². The number of amides is 1. The highest BCUT2D eigenvalue weighted by molar-refractivity contribution is 6.51. The van der Waals surface area contributed by atoms with Gasteiger partial charge in [-0.15, -0.1) is 0 Å². The molecule has 7 heteroatoms. The topological polar surface area (TPSA) is 53.0 Å². The molecule has 1 heterocycles. The van der Waals surface area contributed by atoms with Crippen LogP contribution in [0.3, 0.4) is 0 Å². The Morgan fingerprint density at radius 1 is 0.941 bits per heavy atom. The van der Waals surface area contributed by atoms with Gasteiger partial charge >= 0.3 is 0 Å². The molecule has 1 saturated heterocycles. The highest BCUT2D eigenvalue weighted by Crippen LogP contribution is 2.42. The number of halogens is 2. The van der Waals surface area contributed by atoms with Gasteiger partial charge in [0, 0.05) is 27.8 Å². The van der Waals surface area contributed by atoms with Crippen molar-refractivity contribution in [2.75, 3.05) is 32.1 Å². The van der Waals surface area contributed by atoms with E-state index >= 15 is 0 Å². The molecular formula is C27H25Cl2N3O2. The van der Waals surface area contributed by atoms with E-state index in [2.05, 4.69) is 4.99 Å². The fourth-order valence-corrected chi connectivity index (χ4v) is 4.48. The van der Waals surface area contributed by atoms with E-state index in [1.165, 1.54) is 0 Å². The summed E-state index contributed by atoms with van der Waals surface area (Å²) in [6.45, 7) is 1.06. The zero-order valence-corrected chi connectivity index (χ0v) is 20.5. The third-order valence-corrected chi connectivity index (χ3v) is 6.28. The van der Waals surface area contributed by atoms with Crippen LogP contribution in [0.4, 0.5) is 5.69 Å². The monoisotopic (exact) mass is 493 g/mol. The molecular weight excluding hydrogens is 469 g/mol. The molecule has 1 fully saturated rings. The van der Waals surface area contributed by atoms with Crippen LogP contribution in [0.1, 0.15) is 22.0 Å². The van der Waals surface area contributed by atoms with Crippen molar-refractivity contribution in [2.24, 2.45) is 10.9 Å². The molecule has 1 amide bonds. The number of ketones is 1. The van der Waals surface area contributed by atoms with Crippen LogP contribution in [-0.2, 0) is 4.79 Å². The van der Waals surface area contributed by atoms with Gasteiger partial charge in [0.05, 0.1) is 18.5 Å². The first-order valence-corrected chi connectivity index (χ1v) is 11.8. The number of anilines is 1. The van der Waals surface area contributed by atoms with Crippen LogP contribution >= 0.6 is 23.2 Å². The van der Waals surface area contributed by atoms with E-state index in [4.69, 9.17) is 23.2 Å². The number of rotatable bonds is 7. The van der Waals surface area contributed by atoms with E-state index in [-0.39, 0.29) is 17.4 Å². The van der Waals surface area contributed by atoms with Gasteiger partial charge in [0.2, 0.25) is 0 Å². The smallest absolute Gasteiger partial charge is 0.273 e. The molecule has 2 unspecified atom stereocenters. The molecule has 0 aliphatic carbocycles. The summed E-state index contributed by atoms with van der Waals surface area (Å²) >= 11 is 12.4. The molecule has 2 atom stereocenters. The predicted molar refractivity (Wildman–Crippen MR) is 138 cm³/mol. The van der Waals surface area contributed by atoms with Gasteiger partial charge in [-0.25, -0.2) is 0 Å². The Labute approximate surface area is 209 Å². The second-order valence-corrected chi connectivity index (χ2v) is 9.30. The molecule has 34 heavy (non-hydrogen) atoms. The third-order valence-electron chi connectivity index (χ3n) is 5.79. The predicted octanol–water partition coefficient (Wildman–Crippen LogP) is 5.58. The Morgan fingerprint density at radius 3 is 2.29 bits per heavy atom. The molecule has 4 rings (SSSR count). The minimum absolute atomic E-state index is 0.151. The summed E-state index contributed by atoms with van der Waals surface area (Å²) in [5.41, 5.74) is 2.20. The molecule has 0 radical (unpaired) electrons. The number of hydrogen-bond acceptors (Lipinski definition) is 4. The summed E-state index contributed by atoms with van der Waals surface area (Å²) in [5.74, 6) is -1.23. The minimum atomic E-state index is -0.780. The van der Waals surface area contributed by atoms with Gasteiger partial charge in [0.1, 0.15) is 5.71 Å². The number of carbonyl (C=O) groups is 2. The SMILES string of the molecule is CN(C)CCN=C1C(=O)N(c2cccc(Cl)c2)C(c2ccc(Cl)cc2)C1C(=O)c1ccccc1. The summed E-state index contributed by atoms with van der Waals surface area (Å²) in [4.78, 5) is 36.0. The van der Waals surface area contributed by atoms with Gasteiger partial charge in [-0.3, -0.25) is 19.5 Å². The second kappa shape index (κ2) is 10.5. The van der Waals surface area contributed by atoms with Gasteiger partial charge in [-0.2, -0.15) is 0 Å². The Bertz CT molecular complexity index is 1210. The van der Waals surface area contributed by atoms with Crippen LogP contribution in [0.15, 0.2) is 83.9 Å². The first kappa shape index (κ1) is 24.1. The number of benzene rings is 3. The largest absolute Gasteiger partial charge is 0.308 e. The highest BCUT2D eigenvalue weighted by Gasteiger charge is 2.50. The van der Waals surface area contributed by atoms with Crippen LogP contribution in [0, 0.1) is 5.92 Å². The Kier molecular flexibility index (Phi) is 7.47. The van der Waals surface area contributed by atoms with Gasteiger partial charge in [0.15, 0.2) is 5.78 Å². The van der Waals surface area contributed by atoms with Gasteiger partial charge in [-0.05, 0) is 50.0 Å². The van der Waals surface area contributed by atoms with Crippen molar-refractivity contribution in [2.45, 2.75) is 6.04 Å². The fraction of sp³-hybridized carbons (Fsp3) is 0.222. The lowest BCUT2D eigenvalue weighted by Crippen LogP contribution is -2.30. The fourth-order valence-electron chi connectivity index (χ4n) is 4.17. The number of aliphatic imine (C=N–C) groups is 1. The normalized spacial score (nSPS) is 19.3. The second-order valence-electron chi connectivity index (χ2n) is 8.43. The maximum atomic E-state index is 13.9. The zero-order chi connectivity index (χ0) is 24.2. The quantitative estimate of drug-likeness (QED) is 0.403. The number of carbonyl (C=O) groups excluding carboxylic acids is 2. The first-order chi connectivity index (χ1) is 16.4. The summed E-state index contributed by atoms with van der Waals surface area (Å²) in [5, 5.41) is 1.08. The number of Topliss-reactive ketones (excluding diaryl/α,β-unsaturated/α-hetero) is 1. The summed E-state index contributed by atoms with van der Waals surface area (Å²) in [6.07, 6.45) is 0. The molecule has 1 aliphatic rings. The molecule has 3 aromatic rings. The minimum Gasteiger partial charge on any atom is -0.308 e. The van der Waals surface area contributed by atoms with Crippen molar-refractivity contribution in [3.63, 3.8) is 0 Å². The molecule has 1 aliphatic heterocycles.